The van der Waals surface area contributed by atoms with Crippen molar-refractivity contribution in [1.82, 2.24) is 0 Å². The van der Waals surface area contributed by atoms with Gasteiger partial charge < -0.3 is 5.32 Å². The van der Waals surface area contributed by atoms with Crippen LogP contribution in [-0.4, -0.2) is 5.91 Å². The minimum Gasteiger partial charge on any atom is -0.317 e. The molecule has 0 aliphatic heterocycles. The second-order valence-electron chi connectivity index (χ2n) is 5.70. The molecule has 1 aromatic heterocycles. The highest BCUT2D eigenvalue weighted by molar-refractivity contribution is 7.16. The first kappa shape index (κ1) is 15.7. The SMILES string of the molecule is N#Cc1c(NC(=O)CCc2ccc(F)cc2)sc2c1CCCC2. The van der Waals surface area contributed by atoms with Crippen molar-refractivity contribution in [3.63, 3.8) is 0 Å². The molecule has 5 heteroatoms. The minimum atomic E-state index is -0.277. The maximum atomic E-state index is 12.9. The summed E-state index contributed by atoms with van der Waals surface area (Å²) in [6.07, 6.45) is 5.06. The number of carbonyl (C=O) groups is 1. The summed E-state index contributed by atoms with van der Waals surface area (Å²) in [5, 5.41) is 12.9. The lowest BCUT2D eigenvalue weighted by molar-refractivity contribution is -0.116. The molecule has 1 N–H and O–H groups in total. The van der Waals surface area contributed by atoms with Crippen molar-refractivity contribution in [2.45, 2.75) is 38.5 Å². The van der Waals surface area contributed by atoms with Crippen LogP contribution in [0.4, 0.5) is 9.39 Å². The third-order valence-electron chi connectivity index (χ3n) is 4.09. The summed E-state index contributed by atoms with van der Waals surface area (Å²) in [6.45, 7) is 0. The minimum absolute atomic E-state index is 0.107. The molecular formula is C18H17FN2OS. The zero-order valence-corrected chi connectivity index (χ0v) is 13.5. The van der Waals surface area contributed by atoms with Gasteiger partial charge in [0.1, 0.15) is 16.9 Å². The van der Waals surface area contributed by atoms with Gasteiger partial charge in [-0.2, -0.15) is 5.26 Å². The summed E-state index contributed by atoms with van der Waals surface area (Å²) >= 11 is 1.53. The lowest BCUT2D eigenvalue weighted by Gasteiger charge is -2.09. The van der Waals surface area contributed by atoms with Gasteiger partial charge in [-0.25, -0.2) is 4.39 Å². The molecule has 2 aromatic rings. The molecule has 0 radical (unpaired) electrons. The van der Waals surface area contributed by atoms with Gasteiger partial charge in [-0.1, -0.05) is 12.1 Å². The summed E-state index contributed by atoms with van der Waals surface area (Å²) in [4.78, 5) is 13.4. The zero-order valence-electron chi connectivity index (χ0n) is 12.7. The van der Waals surface area contributed by atoms with Crippen LogP contribution in [0.15, 0.2) is 24.3 Å². The average molecular weight is 328 g/mol. The van der Waals surface area contributed by atoms with Gasteiger partial charge in [-0.05, 0) is 55.4 Å². The Labute approximate surface area is 138 Å². The van der Waals surface area contributed by atoms with Crippen LogP contribution in [0.25, 0.3) is 0 Å². The number of thiophene rings is 1. The molecule has 0 spiro atoms. The van der Waals surface area contributed by atoms with Crippen LogP contribution >= 0.6 is 11.3 Å². The standard InChI is InChI=1S/C18H17FN2OS/c19-13-8-5-12(6-9-13)7-10-17(22)21-18-15(11-20)14-3-1-2-4-16(14)23-18/h5-6,8-9H,1-4,7,10H2,(H,21,22). The zero-order chi connectivity index (χ0) is 16.2. The Hall–Kier alpha value is -2.19. The number of hydrogen-bond acceptors (Lipinski definition) is 3. The third kappa shape index (κ3) is 3.59. The van der Waals surface area contributed by atoms with Crippen LogP contribution in [0.1, 0.15) is 40.8 Å². The van der Waals surface area contributed by atoms with Gasteiger partial charge in [0.15, 0.2) is 0 Å². The number of rotatable bonds is 4. The van der Waals surface area contributed by atoms with E-state index in [9.17, 15) is 14.4 Å². The molecule has 0 fully saturated rings. The first-order valence-corrected chi connectivity index (χ1v) is 8.58. The maximum absolute atomic E-state index is 12.9. The molecule has 1 aromatic carbocycles. The van der Waals surface area contributed by atoms with Gasteiger partial charge in [-0.3, -0.25) is 4.79 Å². The summed E-state index contributed by atoms with van der Waals surface area (Å²) < 4.78 is 12.9. The van der Waals surface area contributed by atoms with E-state index in [4.69, 9.17) is 0 Å². The number of carbonyl (C=O) groups excluding carboxylic acids is 1. The fraction of sp³-hybridized carbons (Fsp3) is 0.333. The molecule has 0 saturated heterocycles. The largest absolute Gasteiger partial charge is 0.317 e. The van der Waals surface area contributed by atoms with E-state index in [1.165, 1.54) is 28.3 Å². The molecule has 3 nitrogen and oxygen atoms in total. The Balaban J connectivity index is 1.65. The van der Waals surface area contributed by atoms with E-state index >= 15 is 0 Å². The molecule has 1 aliphatic rings. The number of anilines is 1. The number of amides is 1. The molecule has 3 rings (SSSR count). The van der Waals surface area contributed by atoms with Crippen LogP contribution in [0.3, 0.4) is 0 Å². The van der Waals surface area contributed by atoms with E-state index < -0.39 is 0 Å². The topological polar surface area (TPSA) is 52.9 Å². The quantitative estimate of drug-likeness (QED) is 0.914. The second-order valence-corrected chi connectivity index (χ2v) is 6.81. The highest BCUT2D eigenvalue weighted by atomic mass is 32.1. The summed E-state index contributed by atoms with van der Waals surface area (Å²) in [5.41, 5.74) is 2.69. The van der Waals surface area contributed by atoms with Crippen LogP contribution in [-0.2, 0) is 24.1 Å². The predicted molar refractivity (Wildman–Crippen MR) is 89.0 cm³/mol. The Bertz CT molecular complexity index is 759. The van der Waals surface area contributed by atoms with E-state index in [2.05, 4.69) is 11.4 Å². The molecule has 23 heavy (non-hydrogen) atoms. The van der Waals surface area contributed by atoms with Crippen LogP contribution in [0.5, 0.6) is 0 Å². The van der Waals surface area contributed by atoms with Gasteiger partial charge in [0.2, 0.25) is 5.91 Å². The molecule has 1 heterocycles. The van der Waals surface area contributed by atoms with Crippen LogP contribution in [0, 0.1) is 17.1 Å². The van der Waals surface area contributed by atoms with E-state index in [0.29, 0.717) is 23.4 Å². The van der Waals surface area contributed by atoms with E-state index in [1.807, 2.05) is 0 Å². The van der Waals surface area contributed by atoms with Crippen molar-refractivity contribution >= 4 is 22.2 Å². The monoisotopic (exact) mass is 328 g/mol. The molecule has 1 aliphatic carbocycles. The van der Waals surface area contributed by atoms with Crippen molar-refractivity contribution < 1.29 is 9.18 Å². The Morgan fingerprint density at radius 2 is 2.00 bits per heavy atom. The van der Waals surface area contributed by atoms with E-state index in [0.717, 1.165) is 36.8 Å². The highest BCUT2D eigenvalue weighted by Gasteiger charge is 2.21. The van der Waals surface area contributed by atoms with Crippen molar-refractivity contribution in [3.05, 3.63) is 51.7 Å². The predicted octanol–water partition coefficient (Wildman–Crippen LogP) is 4.21. The third-order valence-corrected chi connectivity index (χ3v) is 5.30. The number of hydrogen-bond donors (Lipinski definition) is 1. The van der Waals surface area contributed by atoms with Crippen molar-refractivity contribution in [1.29, 1.82) is 5.26 Å². The molecule has 0 bridgehead atoms. The molecular weight excluding hydrogens is 311 g/mol. The van der Waals surface area contributed by atoms with Gasteiger partial charge in [-0.15, -0.1) is 11.3 Å². The number of benzene rings is 1. The van der Waals surface area contributed by atoms with Gasteiger partial charge in [0, 0.05) is 11.3 Å². The second kappa shape index (κ2) is 6.93. The molecule has 118 valence electrons. The lowest BCUT2D eigenvalue weighted by Crippen LogP contribution is -2.12. The van der Waals surface area contributed by atoms with Gasteiger partial charge in [0.05, 0.1) is 5.56 Å². The molecule has 1 amide bonds. The van der Waals surface area contributed by atoms with Crippen molar-refractivity contribution in [2.24, 2.45) is 0 Å². The fourth-order valence-electron chi connectivity index (χ4n) is 2.87. The van der Waals surface area contributed by atoms with Crippen LogP contribution < -0.4 is 5.32 Å². The number of nitrogens with zero attached hydrogens (tertiary/aromatic N) is 1. The van der Waals surface area contributed by atoms with Crippen molar-refractivity contribution in [3.8, 4) is 6.07 Å². The first-order chi connectivity index (χ1) is 11.2. The summed E-state index contributed by atoms with van der Waals surface area (Å²) in [5.74, 6) is -0.384. The number of nitriles is 1. The fourth-order valence-corrected chi connectivity index (χ4v) is 4.13. The number of fused-ring (bicyclic) bond motifs is 1. The summed E-state index contributed by atoms with van der Waals surface area (Å²) in [7, 11) is 0. The van der Waals surface area contributed by atoms with Gasteiger partial charge >= 0.3 is 0 Å². The number of nitrogens with one attached hydrogen (secondary N) is 1. The lowest BCUT2D eigenvalue weighted by atomic mass is 9.96. The summed E-state index contributed by atoms with van der Waals surface area (Å²) in [6, 6.07) is 8.41. The number of aryl methyl sites for hydroxylation is 2. The smallest absolute Gasteiger partial charge is 0.225 e. The molecule has 0 saturated carbocycles. The number of halogens is 1. The van der Waals surface area contributed by atoms with Crippen LogP contribution in [0.2, 0.25) is 0 Å². The highest BCUT2D eigenvalue weighted by Crippen LogP contribution is 2.37. The van der Waals surface area contributed by atoms with Crippen molar-refractivity contribution in [2.75, 3.05) is 5.32 Å². The Kier molecular flexibility index (Phi) is 4.73. The Morgan fingerprint density at radius 1 is 1.26 bits per heavy atom. The normalized spacial score (nSPS) is 13.2. The molecule has 0 unspecified atom stereocenters. The molecule has 0 atom stereocenters. The van der Waals surface area contributed by atoms with E-state index in [-0.39, 0.29) is 11.7 Å². The maximum Gasteiger partial charge on any atom is 0.225 e. The average Bonchev–Trinajstić information content (AvgIpc) is 2.91. The van der Waals surface area contributed by atoms with Gasteiger partial charge in [0.25, 0.3) is 0 Å². The Morgan fingerprint density at radius 3 is 2.74 bits per heavy atom. The van der Waals surface area contributed by atoms with E-state index in [1.54, 1.807) is 12.1 Å². The first-order valence-electron chi connectivity index (χ1n) is 7.76.